The van der Waals surface area contributed by atoms with E-state index in [9.17, 15) is 13.2 Å². The minimum absolute atomic E-state index is 0.0850. The van der Waals surface area contributed by atoms with Crippen LogP contribution in [0.3, 0.4) is 0 Å². The highest BCUT2D eigenvalue weighted by Crippen LogP contribution is 2.15. The fourth-order valence-corrected chi connectivity index (χ4v) is 1.53. The summed E-state index contributed by atoms with van der Waals surface area (Å²) < 4.78 is 39.8. The second-order valence-electron chi connectivity index (χ2n) is 3.78. The summed E-state index contributed by atoms with van der Waals surface area (Å²) in [4.78, 5) is 0. The summed E-state index contributed by atoms with van der Waals surface area (Å²) in [5.74, 6) is 0.435. The number of anilines is 1. The zero-order chi connectivity index (χ0) is 13.4. The molecule has 1 aromatic rings. The van der Waals surface area contributed by atoms with Gasteiger partial charge >= 0.3 is 6.18 Å². The fraction of sp³-hybridized carbons (Fsp3) is 0.500. The Hall–Kier alpha value is -0.940. The van der Waals surface area contributed by atoms with Gasteiger partial charge < -0.3 is 10.1 Å². The summed E-state index contributed by atoms with van der Waals surface area (Å²) in [6, 6.07) is 7.57. The lowest BCUT2D eigenvalue weighted by Crippen LogP contribution is -2.18. The van der Waals surface area contributed by atoms with Crippen LogP contribution in [-0.4, -0.2) is 25.9 Å². The molecule has 1 aromatic carbocycles. The van der Waals surface area contributed by atoms with E-state index in [4.69, 9.17) is 11.6 Å². The lowest BCUT2D eigenvalue weighted by atomic mass is 10.2. The fourth-order valence-electron chi connectivity index (χ4n) is 1.36. The Morgan fingerprint density at radius 2 is 2.06 bits per heavy atom. The molecule has 0 aromatic heterocycles. The molecule has 0 fully saturated rings. The smallest absolute Gasteiger partial charge is 0.385 e. The third kappa shape index (κ3) is 6.71. The van der Waals surface area contributed by atoms with E-state index in [1.165, 1.54) is 0 Å². The van der Waals surface area contributed by atoms with E-state index in [-0.39, 0.29) is 6.61 Å². The minimum atomic E-state index is -4.25. The lowest BCUT2D eigenvalue weighted by molar-refractivity contribution is -0.173. The van der Waals surface area contributed by atoms with Gasteiger partial charge in [0.1, 0.15) is 6.61 Å². The molecule has 1 N–H and O–H groups in total. The third-order valence-electron chi connectivity index (χ3n) is 2.14. The number of halogens is 4. The van der Waals surface area contributed by atoms with Gasteiger partial charge in [0.2, 0.25) is 0 Å². The molecule has 0 aliphatic rings. The van der Waals surface area contributed by atoms with Gasteiger partial charge in [-0.05, 0) is 24.1 Å². The first-order valence-corrected chi connectivity index (χ1v) is 6.08. The zero-order valence-corrected chi connectivity index (χ0v) is 10.5. The largest absolute Gasteiger partial charge is 0.411 e. The van der Waals surface area contributed by atoms with E-state index >= 15 is 0 Å². The van der Waals surface area contributed by atoms with Crippen molar-refractivity contribution in [2.75, 3.05) is 25.1 Å². The molecule has 0 spiro atoms. The molecule has 1 rings (SSSR count). The first-order chi connectivity index (χ1) is 8.51. The van der Waals surface area contributed by atoms with Crippen LogP contribution < -0.4 is 5.32 Å². The lowest BCUT2D eigenvalue weighted by Gasteiger charge is -2.09. The van der Waals surface area contributed by atoms with Crippen LogP contribution in [0.15, 0.2) is 24.3 Å². The number of rotatable bonds is 7. The molecule has 0 amide bonds. The van der Waals surface area contributed by atoms with Crippen molar-refractivity contribution < 1.29 is 17.9 Å². The van der Waals surface area contributed by atoms with Crippen LogP contribution >= 0.6 is 11.6 Å². The molecular formula is C12H15ClF3NO. The van der Waals surface area contributed by atoms with Crippen molar-refractivity contribution in [3.8, 4) is 0 Å². The Labute approximate surface area is 109 Å². The Bertz CT molecular complexity index is 357. The molecule has 102 valence electrons. The average Bonchev–Trinajstić information content (AvgIpc) is 2.32. The van der Waals surface area contributed by atoms with Crippen molar-refractivity contribution in [1.82, 2.24) is 0 Å². The van der Waals surface area contributed by atoms with E-state index in [0.29, 0.717) is 18.8 Å². The highest BCUT2D eigenvalue weighted by molar-refractivity contribution is 6.17. The first kappa shape index (κ1) is 15.1. The van der Waals surface area contributed by atoms with E-state index in [1.54, 1.807) is 0 Å². The Morgan fingerprint density at radius 3 is 2.72 bits per heavy atom. The third-order valence-corrected chi connectivity index (χ3v) is 2.45. The van der Waals surface area contributed by atoms with Crippen molar-refractivity contribution in [1.29, 1.82) is 0 Å². The molecule has 0 saturated carbocycles. The van der Waals surface area contributed by atoms with Crippen LogP contribution in [0.4, 0.5) is 18.9 Å². The molecule has 18 heavy (non-hydrogen) atoms. The van der Waals surface area contributed by atoms with E-state index < -0.39 is 12.8 Å². The average molecular weight is 282 g/mol. The number of alkyl halides is 4. The molecule has 2 nitrogen and oxygen atoms in total. The Balaban J connectivity index is 2.14. The van der Waals surface area contributed by atoms with Gasteiger partial charge in [-0.2, -0.15) is 13.2 Å². The normalized spacial score (nSPS) is 11.6. The van der Waals surface area contributed by atoms with Crippen LogP contribution in [0.5, 0.6) is 0 Å². The summed E-state index contributed by atoms with van der Waals surface area (Å²) in [6.45, 7) is -0.542. The molecule has 6 heteroatoms. The summed E-state index contributed by atoms with van der Waals surface area (Å²) in [5.41, 5.74) is 1.90. The summed E-state index contributed by atoms with van der Waals surface area (Å²) >= 11 is 5.69. The van der Waals surface area contributed by atoms with Crippen molar-refractivity contribution >= 4 is 17.3 Å². The molecule has 0 aliphatic carbocycles. The van der Waals surface area contributed by atoms with Crippen LogP contribution in [-0.2, 0) is 10.6 Å². The van der Waals surface area contributed by atoms with Gasteiger partial charge in [0.25, 0.3) is 0 Å². The highest BCUT2D eigenvalue weighted by Gasteiger charge is 2.27. The predicted octanol–water partition coefficient (Wildman–Crippen LogP) is 3.81. The maximum absolute atomic E-state index is 11.8. The second-order valence-corrected chi connectivity index (χ2v) is 4.05. The van der Waals surface area contributed by atoms with Gasteiger partial charge in [0.05, 0.1) is 0 Å². The van der Waals surface area contributed by atoms with E-state index in [1.807, 2.05) is 24.3 Å². The Morgan fingerprint density at radius 1 is 1.28 bits per heavy atom. The monoisotopic (exact) mass is 281 g/mol. The molecule has 0 atom stereocenters. The minimum Gasteiger partial charge on any atom is -0.385 e. The molecule has 0 heterocycles. The SMILES string of the molecule is FC(F)(F)COCCCNc1cccc(CCl)c1. The van der Waals surface area contributed by atoms with Crippen LogP contribution in [0.25, 0.3) is 0 Å². The van der Waals surface area contributed by atoms with Gasteiger partial charge in [-0.1, -0.05) is 12.1 Å². The quantitative estimate of drug-likeness (QED) is 0.606. The number of benzene rings is 1. The van der Waals surface area contributed by atoms with Gasteiger partial charge in [0.15, 0.2) is 0 Å². The van der Waals surface area contributed by atoms with Crippen LogP contribution in [0.1, 0.15) is 12.0 Å². The standard InChI is InChI=1S/C12H15ClF3NO/c13-8-10-3-1-4-11(7-10)17-5-2-6-18-9-12(14,15)16/h1,3-4,7,17H,2,5-6,8-9H2. The van der Waals surface area contributed by atoms with E-state index in [0.717, 1.165) is 11.3 Å². The molecule has 0 radical (unpaired) electrons. The highest BCUT2D eigenvalue weighted by atomic mass is 35.5. The number of nitrogens with one attached hydrogen (secondary N) is 1. The van der Waals surface area contributed by atoms with Crippen molar-refractivity contribution in [2.24, 2.45) is 0 Å². The van der Waals surface area contributed by atoms with Gasteiger partial charge in [-0.3, -0.25) is 0 Å². The van der Waals surface area contributed by atoms with Crippen LogP contribution in [0, 0.1) is 0 Å². The van der Waals surface area contributed by atoms with Crippen LogP contribution in [0.2, 0.25) is 0 Å². The molecular weight excluding hydrogens is 267 g/mol. The van der Waals surface area contributed by atoms with Crippen molar-refractivity contribution in [3.63, 3.8) is 0 Å². The van der Waals surface area contributed by atoms with Gasteiger partial charge in [-0.15, -0.1) is 11.6 Å². The number of ether oxygens (including phenoxy) is 1. The summed E-state index contributed by atoms with van der Waals surface area (Å²) in [7, 11) is 0. The molecule has 0 unspecified atom stereocenters. The summed E-state index contributed by atoms with van der Waals surface area (Å²) in [6.07, 6.45) is -3.73. The predicted molar refractivity (Wildman–Crippen MR) is 66.0 cm³/mol. The number of hydrogen-bond acceptors (Lipinski definition) is 2. The van der Waals surface area contributed by atoms with Crippen molar-refractivity contribution in [3.05, 3.63) is 29.8 Å². The molecule has 0 saturated heterocycles. The van der Waals surface area contributed by atoms with Gasteiger partial charge in [-0.25, -0.2) is 0 Å². The maximum Gasteiger partial charge on any atom is 0.411 e. The maximum atomic E-state index is 11.8. The summed E-state index contributed by atoms with van der Waals surface area (Å²) in [5, 5.41) is 3.10. The molecule has 0 aliphatic heterocycles. The first-order valence-electron chi connectivity index (χ1n) is 5.54. The Kier molecular flexibility index (Phi) is 6.29. The topological polar surface area (TPSA) is 21.3 Å². The van der Waals surface area contributed by atoms with E-state index in [2.05, 4.69) is 10.1 Å². The second kappa shape index (κ2) is 7.48. The zero-order valence-electron chi connectivity index (χ0n) is 9.77. The van der Waals surface area contributed by atoms with Crippen molar-refractivity contribution in [2.45, 2.75) is 18.5 Å². The van der Waals surface area contributed by atoms with Gasteiger partial charge in [0, 0.05) is 24.7 Å². The molecule has 0 bridgehead atoms. The number of hydrogen-bond donors (Lipinski definition) is 1.